The number of phenols is 1. The Morgan fingerprint density at radius 2 is 2.09 bits per heavy atom. The lowest BCUT2D eigenvalue weighted by atomic mass is 9.54. The molecule has 3 aliphatic rings. The van der Waals surface area contributed by atoms with Crippen molar-refractivity contribution in [3.63, 3.8) is 0 Å². The van der Waals surface area contributed by atoms with Crippen LogP contribution in [0.25, 0.3) is 0 Å². The minimum atomic E-state index is -0.154. The highest BCUT2D eigenvalue weighted by molar-refractivity contribution is 5.42. The SMILES string of the molecule is C[C@]12CC[C@H]3c4ccc(O)cc4C(CON)C[C@H]3[C@H]1CCC2O. The van der Waals surface area contributed by atoms with E-state index in [0.29, 0.717) is 30.1 Å². The minimum absolute atomic E-state index is 0.0731. The fourth-order valence-electron chi connectivity index (χ4n) is 5.96. The summed E-state index contributed by atoms with van der Waals surface area (Å²) in [6.07, 6.45) is 5.18. The number of nitrogens with two attached hydrogens (primary N) is 1. The number of benzene rings is 1. The number of rotatable bonds is 2. The molecule has 1 aromatic carbocycles. The second kappa shape index (κ2) is 5.47. The van der Waals surface area contributed by atoms with Gasteiger partial charge in [0.2, 0.25) is 0 Å². The van der Waals surface area contributed by atoms with Crippen LogP contribution in [0.5, 0.6) is 5.75 Å². The molecule has 1 aromatic rings. The predicted octanol–water partition coefficient (Wildman–Crippen LogP) is 3.04. The van der Waals surface area contributed by atoms with Gasteiger partial charge in [-0.3, -0.25) is 0 Å². The van der Waals surface area contributed by atoms with Crippen molar-refractivity contribution in [1.29, 1.82) is 0 Å². The Balaban J connectivity index is 1.74. The summed E-state index contributed by atoms with van der Waals surface area (Å²) in [7, 11) is 0. The van der Waals surface area contributed by atoms with E-state index in [9.17, 15) is 10.2 Å². The summed E-state index contributed by atoms with van der Waals surface area (Å²) in [5.74, 6) is 7.65. The molecule has 4 nitrogen and oxygen atoms in total. The van der Waals surface area contributed by atoms with Crippen molar-refractivity contribution in [2.45, 2.75) is 57.0 Å². The second-order valence-corrected chi connectivity index (χ2v) is 8.09. The molecule has 0 heterocycles. The van der Waals surface area contributed by atoms with Gasteiger partial charge >= 0.3 is 0 Å². The fourth-order valence-corrected chi connectivity index (χ4v) is 5.96. The van der Waals surface area contributed by atoms with Gasteiger partial charge in [0.05, 0.1) is 12.7 Å². The number of hydrogen-bond donors (Lipinski definition) is 3. The van der Waals surface area contributed by atoms with Crippen LogP contribution in [0, 0.1) is 17.3 Å². The van der Waals surface area contributed by atoms with E-state index in [0.717, 1.165) is 32.1 Å². The van der Waals surface area contributed by atoms with E-state index in [-0.39, 0.29) is 17.4 Å². The van der Waals surface area contributed by atoms with Gasteiger partial charge in [-0.25, -0.2) is 5.90 Å². The summed E-state index contributed by atoms with van der Waals surface area (Å²) < 4.78 is 0. The van der Waals surface area contributed by atoms with Crippen LogP contribution in [0.1, 0.15) is 62.0 Å². The van der Waals surface area contributed by atoms with Crippen LogP contribution in [0.15, 0.2) is 18.2 Å². The van der Waals surface area contributed by atoms with Gasteiger partial charge in [0.15, 0.2) is 0 Å². The Hall–Kier alpha value is -1.10. The molecule has 3 aliphatic carbocycles. The first-order chi connectivity index (χ1) is 11.0. The standard InChI is InChI=1S/C19H27NO3/c1-19-7-6-14-13-3-2-12(21)9-15(13)11(10-23-20)8-16(14)17(19)4-5-18(19)22/h2-3,9,11,14,16-18,21-22H,4-8,10,20H2,1H3/t11?,14-,16+,17+,18?,19-/m0/s1. The summed E-state index contributed by atoms with van der Waals surface area (Å²) in [5.41, 5.74) is 2.65. The number of aliphatic hydroxyl groups excluding tert-OH is 1. The average Bonchev–Trinajstić information content (AvgIpc) is 2.83. The van der Waals surface area contributed by atoms with E-state index in [1.54, 1.807) is 6.07 Å². The van der Waals surface area contributed by atoms with Gasteiger partial charge in [0.25, 0.3) is 0 Å². The van der Waals surface area contributed by atoms with E-state index >= 15 is 0 Å². The summed E-state index contributed by atoms with van der Waals surface area (Å²) in [4.78, 5) is 4.98. The van der Waals surface area contributed by atoms with Crippen molar-refractivity contribution in [3.8, 4) is 5.75 Å². The van der Waals surface area contributed by atoms with Gasteiger partial charge in [-0.1, -0.05) is 13.0 Å². The van der Waals surface area contributed by atoms with Crippen LogP contribution in [0.4, 0.5) is 0 Å². The summed E-state index contributed by atoms with van der Waals surface area (Å²) in [6, 6.07) is 5.80. The fraction of sp³-hybridized carbons (Fsp3) is 0.684. The lowest BCUT2D eigenvalue weighted by Gasteiger charge is -2.51. The second-order valence-electron chi connectivity index (χ2n) is 8.09. The van der Waals surface area contributed by atoms with Crippen molar-refractivity contribution in [2.24, 2.45) is 23.1 Å². The maximum absolute atomic E-state index is 10.5. The number of aromatic hydroxyl groups is 1. The number of fused-ring (bicyclic) bond motifs is 5. The molecule has 2 unspecified atom stereocenters. The van der Waals surface area contributed by atoms with Gasteiger partial charge in [-0.2, -0.15) is 0 Å². The highest BCUT2D eigenvalue weighted by atomic mass is 16.6. The summed E-state index contributed by atoms with van der Waals surface area (Å²) in [5, 5.41) is 20.4. The molecule has 0 amide bonds. The molecular formula is C19H27NO3. The maximum Gasteiger partial charge on any atom is 0.115 e. The van der Waals surface area contributed by atoms with Crippen LogP contribution < -0.4 is 5.90 Å². The Morgan fingerprint density at radius 3 is 2.87 bits per heavy atom. The lowest BCUT2D eigenvalue weighted by Crippen LogP contribution is -2.44. The van der Waals surface area contributed by atoms with Crippen molar-refractivity contribution in [1.82, 2.24) is 0 Å². The van der Waals surface area contributed by atoms with Gasteiger partial charge < -0.3 is 15.1 Å². The molecule has 0 saturated heterocycles. The zero-order chi connectivity index (χ0) is 16.2. The monoisotopic (exact) mass is 317 g/mol. The van der Waals surface area contributed by atoms with Gasteiger partial charge in [0.1, 0.15) is 5.75 Å². The average molecular weight is 317 g/mol. The zero-order valence-electron chi connectivity index (χ0n) is 13.7. The third-order valence-electron chi connectivity index (χ3n) is 7.15. The quantitative estimate of drug-likeness (QED) is 0.733. The Kier molecular flexibility index (Phi) is 3.67. The molecule has 0 aliphatic heterocycles. The normalized spacial score (nSPS) is 42.0. The highest BCUT2D eigenvalue weighted by Gasteiger charge is 2.55. The molecule has 23 heavy (non-hydrogen) atoms. The number of aliphatic hydroxyl groups is 1. The Labute approximate surface area is 137 Å². The minimum Gasteiger partial charge on any atom is -0.508 e. The van der Waals surface area contributed by atoms with Crippen molar-refractivity contribution >= 4 is 0 Å². The number of phenolic OH excluding ortho intramolecular Hbond substituents is 1. The topological polar surface area (TPSA) is 75.7 Å². The van der Waals surface area contributed by atoms with Crippen LogP contribution >= 0.6 is 0 Å². The first kappa shape index (κ1) is 15.4. The highest BCUT2D eigenvalue weighted by Crippen LogP contribution is 2.62. The molecule has 0 bridgehead atoms. The molecule has 2 fully saturated rings. The molecule has 4 rings (SSSR count). The summed E-state index contributed by atoms with van der Waals surface area (Å²) in [6.45, 7) is 2.78. The molecule has 0 aromatic heterocycles. The van der Waals surface area contributed by atoms with Crippen LogP contribution in [-0.4, -0.2) is 22.9 Å². The van der Waals surface area contributed by atoms with Crippen molar-refractivity contribution < 1.29 is 15.1 Å². The van der Waals surface area contributed by atoms with E-state index in [2.05, 4.69) is 13.0 Å². The van der Waals surface area contributed by atoms with Gasteiger partial charge in [-0.15, -0.1) is 0 Å². The molecule has 2 saturated carbocycles. The van der Waals surface area contributed by atoms with Crippen molar-refractivity contribution in [3.05, 3.63) is 29.3 Å². The summed E-state index contributed by atoms with van der Waals surface area (Å²) >= 11 is 0. The Morgan fingerprint density at radius 1 is 1.26 bits per heavy atom. The van der Waals surface area contributed by atoms with Crippen LogP contribution in [0.2, 0.25) is 0 Å². The van der Waals surface area contributed by atoms with E-state index in [1.807, 2.05) is 6.07 Å². The molecule has 0 radical (unpaired) electrons. The van der Waals surface area contributed by atoms with Crippen LogP contribution in [-0.2, 0) is 4.84 Å². The number of hydrogen-bond acceptors (Lipinski definition) is 4. The molecule has 4 N–H and O–H groups in total. The molecule has 126 valence electrons. The van der Waals surface area contributed by atoms with Crippen molar-refractivity contribution in [2.75, 3.05) is 6.61 Å². The molecular weight excluding hydrogens is 290 g/mol. The third-order valence-corrected chi connectivity index (χ3v) is 7.15. The largest absolute Gasteiger partial charge is 0.508 e. The molecule has 6 atom stereocenters. The smallest absolute Gasteiger partial charge is 0.115 e. The van der Waals surface area contributed by atoms with E-state index < -0.39 is 0 Å². The maximum atomic E-state index is 10.5. The third kappa shape index (κ3) is 2.23. The first-order valence-electron chi connectivity index (χ1n) is 8.87. The molecule has 0 spiro atoms. The van der Waals surface area contributed by atoms with E-state index in [4.69, 9.17) is 10.7 Å². The van der Waals surface area contributed by atoms with Gasteiger partial charge in [0, 0.05) is 5.92 Å². The lowest BCUT2D eigenvalue weighted by molar-refractivity contribution is -0.0283. The molecule has 4 heteroatoms. The zero-order valence-corrected chi connectivity index (χ0v) is 13.7. The van der Waals surface area contributed by atoms with Gasteiger partial charge in [-0.05, 0) is 78.5 Å². The Bertz CT molecular complexity index is 604. The first-order valence-corrected chi connectivity index (χ1v) is 8.87. The van der Waals surface area contributed by atoms with E-state index in [1.165, 1.54) is 11.1 Å². The predicted molar refractivity (Wildman–Crippen MR) is 87.9 cm³/mol. The van der Waals surface area contributed by atoms with Crippen LogP contribution in [0.3, 0.4) is 0 Å².